The third kappa shape index (κ3) is 4.54. The van der Waals surface area contributed by atoms with Crippen molar-refractivity contribution in [1.29, 1.82) is 0 Å². The van der Waals surface area contributed by atoms with Gasteiger partial charge in [-0.05, 0) is 38.9 Å². The van der Waals surface area contributed by atoms with Crippen LogP contribution in [-0.2, 0) is 13.6 Å². The van der Waals surface area contributed by atoms with Crippen molar-refractivity contribution in [2.24, 2.45) is 7.05 Å². The standard InChI is InChI=1S/C20H29N5O2/c1-15-5-4-6-17(13-15)20(27)25-9-7-16(8-10-25)19-22-21-18(24(19)3)14-23(2)11-12-26/h4-6,13,16,26H,7-12,14H2,1-3H3. The van der Waals surface area contributed by atoms with Gasteiger partial charge in [0.2, 0.25) is 0 Å². The second-order valence-corrected chi connectivity index (χ2v) is 7.43. The summed E-state index contributed by atoms with van der Waals surface area (Å²) in [6, 6.07) is 7.78. The number of aliphatic hydroxyl groups excluding tert-OH is 1. The van der Waals surface area contributed by atoms with Crippen LogP contribution in [0, 0.1) is 6.92 Å². The molecule has 1 aromatic heterocycles. The molecule has 146 valence electrons. The SMILES string of the molecule is Cc1cccc(C(=O)N2CCC(c3nnc(CN(C)CCO)n3C)CC2)c1. The van der Waals surface area contributed by atoms with Gasteiger partial charge in [-0.3, -0.25) is 9.69 Å². The van der Waals surface area contributed by atoms with Gasteiger partial charge in [-0.1, -0.05) is 17.7 Å². The van der Waals surface area contributed by atoms with Crippen molar-refractivity contribution >= 4 is 5.91 Å². The van der Waals surface area contributed by atoms with Gasteiger partial charge < -0.3 is 14.6 Å². The Morgan fingerprint density at radius 2 is 2.04 bits per heavy atom. The molecule has 0 radical (unpaired) electrons. The molecule has 1 fully saturated rings. The van der Waals surface area contributed by atoms with Gasteiger partial charge in [0.1, 0.15) is 11.6 Å². The number of benzene rings is 1. The summed E-state index contributed by atoms with van der Waals surface area (Å²) in [7, 11) is 3.96. The minimum Gasteiger partial charge on any atom is -0.395 e. The quantitative estimate of drug-likeness (QED) is 0.834. The van der Waals surface area contributed by atoms with Crippen LogP contribution in [0.25, 0.3) is 0 Å². The Morgan fingerprint density at radius 3 is 2.70 bits per heavy atom. The number of hydrogen-bond acceptors (Lipinski definition) is 5. The normalized spacial score (nSPS) is 15.5. The molecule has 0 atom stereocenters. The van der Waals surface area contributed by atoms with Crippen LogP contribution in [0.4, 0.5) is 0 Å². The number of likely N-dealkylation sites (tertiary alicyclic amines) is 1. The highest BCUT2D eigenvalue weighted by molar-refractivity contribution is 5.94. The number of carbonyl (C=O) groups is 1. The molecule has 2 aromatic rings. The summed E-state index contributed by atoms with van der Waals surface area (Å²) in [6.45, 7) is 4.89. The number of rotatable bonds is 6. The van der Waals surface area contributed by atoms with Gasteiger partial charge in [0, 0.05) is 38.2 Å². The lowest BCUT2D eigenvalue weighted by molar-refractivity contribution is 0.0710. The Balaban J connectivity index is 1.61. The molecule has 7 heteroatoms. The zero-order chi connectivity index (χ0) is 19.4. The summed E-state index contributed by atoms with van der Waals surface area (Å²) in [4.78, 5) is 16.7. The van der Waals surface area contributed by atoms with Crippen LogP contribution < -0.4 is 0 Å². The first-order valence-electron chi connectivity index (χ1n) is 9.53. The molecule has 0 bridgehead atoms. The fourth-order valence-corrected chi connectivity index (χ4v) is 3.66. The van der Waals surface area contributed by atoms with Gasteiger partial charge in [-0.15, -0.1) is 10.2 Å². The second kappa shape index (κ2) is 8.63. The third-order valence-electron chi connectivity index (χ3n) is 5.30. The molecule has 0 saturated carbocycles. The van der Waals surface area contributed by atoms with Gasteiger partial charge >= 0.3 is 0 Å². The molecule has 1 saturated heterocycles. The Morgan fingerprint density at radius 1 is 1.30 bits per heavy atom. The first-order chi connectivity index (χ1) is 13.0. The van der Waals surface area contributed by atoms with Crippen LogP contribution >= 0.6 is 0 Å². The lowest BCUT2D eigenvalue weighted by atomic mass is 9.95. The molecule has 0 spiro atoms. The highest BCUT2D eigenvalue weighted by Gasteiger charge is 2.28. The molecule has 3 rings (SSSR count). The van der Waals surface area contributed by atoms with Crippen molar-refractivity contribution in [3.8, 4) is 0 Å². The molecule has 0 unspecified atom stereocenters. The number of aryl methyl sites for hydroxylation is 1. The zero-order valence-corrected chi connectivity index (χ0v) is 16.4. The largest absolute Gasteiger partial charge is 0.395 e. The summed E-state index contributed by atoms with van der Waals surface area (Å²) in [5, 5.41) is 17.8. The molecular weight excluding hydrogens is 342 g/mol. The van der Waals surface area contributed by atoms with E-state index in [1.807, 2.05) is 55.1 Å². The predicted molar refractivity (Wildman–Crippen MR) is 103 cm³/mol. The highest BCUT2D eigenvalue weighted by Crippen LogP contribution is 2.27. The first-order valence-corrected chi connectivity index (χ1v) is 9.53. The number of nitrogens with zero attached hydrogens (tertiary/aromatic N) is 5. The van der Waals surface area contributed by atoms with Crippen LogP contribution in [0.1, 0.15) is 46.3 Å². The van der Waals surface area contributed by atoms with Crippen molar-refractivity contribution in [2.45, 2.75) is 32.2 Å². The van der Waals surface area contributed by atoms with Crippen LogP contribution in [0.3, 0.4) is 0 Å². The Bertz CT molecular complexity index is 780. The maximum absolute atomic E-state index is 12.7. The van der Waals surface area contributed by atoms with E-state index in [9.17, 15) is 4.79 Å². The molecular formula is C20H29N5O2. The smallest absolute Gasteiger partial charge is 0.253 e. The van der Waals surface area contributed by atoms with E-state index in [0.29, 0.717) is 19.0 Å². The Labute approximate surface area is 160 Å². The number of piperidine rings is 1. The van der Waals surface area contributed by atoms with Gasteiger partial charge in [0.15, 0.2) is 0 Å². The minimum atomic E-state index is 0.112. The molecule has 1 aromatic carbocycles. The maximum Gasteiger partial charge on any atom is 0.253 e. The van der Waals surface area contributed by atoms with Gasteiger partial charge in [0.25, 0.3) is 5.91 Å². The Hall–Kier alpha value is -2.25. The molecule has 1 N–H and O–H groups in total. The number of hydrogen-bond donors (Lipinski definition) is 1. The summed E-state index contributed by atoms with van der Waals surface area (Å²) < 4.78 is 2.07. The van der Waals surface area contributed by atoms with Crippen LogP contribution in [0.15, 0.2) is 24.3 Å². The number of aromatic nitrogens is 3. The summed E-state index contributed by atoms with van der Waals surface area (Å²) in [6.07, 6.45) is 1.80. The average Bonchev–Trinajstić information content (AvgIpc) is 3.02. The molecule has 0 aliphatic carbocycles. The molecule has 7 nitrogen and oxygen atoms in total. The van der Waals surface area contributed by atoms with Gasteiger partial charge in [-0.2, -0.15) is 0 Å². The van der Waals surface area contributed by atoms with E-state index in [2.05, 4.69) is 14.8 Å². The number of aliphatic hydroxyl groups is 1. The fourth-order valence-electron chi connectivity index (χ4n) is 3.66. The van der Waals surface area contributed by atoms with Crippen LogP contribution in [0.2, 0.25) is 0 Å². The number of amides is 1. The second-order valence-electron chi connectivity index (χ2n) is 7.43. The summed E-state index contributed by atoms with van der Waals surface area (Å²) in [5.41, 5.74) is 1.87. The molecule has 27 heavy (non-hydrogen) atoms. The first kappa shape index (κ1) is 19.5. The van der Waals surface area contributed by atoms with Crippen molar-refractivity contribution in [2.75, 3.05) is 33.3 Å². The summed E-state index contributed by atoms with van der Waals surface area (Å²) >= 11 is 0. The maximum atomic E-state index is 12.7. The number of carbonyl (C=O) groups excluding carboxylic acids is 1. The van der Waals surface area contributed by atoms with Crippen LogP contribution in [0.5, 0.6) is 0 Å². The fraction of sp³-hybridized carbons (Fsp3) is 0.550. The van der Waals surface area contributed by atoms with E-state index in [1.165, 1.54) is 0 Å². The van der Waals surface area contributed by atoms with Gasteiger partial charge in [-0.25, -0.2) is 0 Å². The van der Waals surface area contributed by atoms with E-state index in [0.717, 1.165) is 48.7 Å². The Kier molecular flexibility index (Phi) is 6.23. The van der Waals surface area contributed by atoms with Crippen LogP contribution in [-0.4, -0.2) is 68.9 Å². The molecule has 1 aliphatic rings. The lowest BCUT2D eigenvalue weighted by Crippen LogP contribution is -2.38. The van der Waals surface area contributed by atoms with Gasteiger partial charge in [0.05, 0.1) is 13.2 Å². The van der Waals surface area contributed by atoms with E-state index < -0.39 is 0 Å². The number of likely N-dealkylation sites (N-methyl/N-ethyl adjacent to an activating group) is 1. The molecule has 1 amide bonds. The predicted octanol–water partition coefficient (Wildman–Crippen LogP) is 1.57. The molecule has 1 aliphatic heterocycles. The molecule has 2 heterocycles. The van der Waals surface area contributed by atoms with E-state index >= 15 is 0 Å². The minimum absolute atomic E-state index is 0.112. The van der Waals surface area contributed by atoms with Crippen molar-refractivity contribution in [3.63, 3.8) is 0 Å². The van der Waals surface area contributed by atoms with Crippen molar-refractivity contribution in [3.05, 3.63) is 47.0 Å². The van der Waals surface area contributed by atoms with Crippen molar-refractivity contribution in [1.82, 2.24) is 24.6 Å². The topological polar surface area (TPSA) is 74.5 Å². The zero-order valence-electron chi connectivity index (χ0n) is 16.4. The average molecular weight is 371 g/mol. The highest BCUT2D eigenvalue weighted by atomic mass is 16.3. The summed E-state index contributed by atoms with van der Waals surface area (Å²) in [5.74, 6) is 2.33. The van der Waals surface area contributed by atoms with E-state index in [-0.39, 0.29) is 12.5 Å². The lowest BCUT2D eigenvalue weighted by Gasteiger charge is -2.31. The third-order valence-corrected chi connectivity index (χ3v) is 5.30. The van der Waals surface area contributed by atoms with E-state index in [1.54, 1.807) is 0 Å². The monoisotopic (exact) mass is 371 g/mol. The van der Waals surface area contributed by atoms with E-state index in [4.69, 9.17) is 5.11 Å². The van der Waals surface area contributed by atoms with Crippen molar-refractivity contribution < 1.29 is 9.90 Å².